The van der Waals surface area contributed by atoms with Gasteiger partial charge in [0.1, 0.15) is 0 Å². The maximum Gasteiger partial charge on any atom is 0.273 e. The van der Waals surface area contributed by atoms with E-state index in [4.69, 9.17) is 9.47 Å². The van der Waals surface area contributed by atoms with Crippen LogP contribution >= 0.6 is 0 Å². The zero-order chi connectivity index (χ0) is 21.4. The topological polar surface area (TPSA) is 81.9 Å². The number of aryl methyl sites for hydroxylation is 1. The number of hydrogen-bond donors (Lipinski definition) is 0. The Labute approximate surface area is 171 Å². The normalized spacial score (nSPS) is 10.5. The van der Waals surface area contributed by atoms with Crippen molar-refractivity contribution in [3.05, 3.63) is 63.2 Å². The zero-order valence-electron chi connectivity index (χ0n) is 17.4. The summed E-state index contributed by atoms with van der Waals surface area (Å²) >= 11 is 0. The van der Waals surface area contributed by atoms with Crippen LogP contribution in [0.25, 0.3) is 0 Å². The SMILES string of the molecule is CCCOc1ccc(CN(CCC)C(=O)c2ccc(C)c([N+](=O)[O-])c2)cc1OC. The monoisotopic (exact) mass is 400 g/mol. The molecule has 2 rings (SSSR count). The molecule has 7 heteroatoms. The molecule has 0 aliphatic rings. The second-order valence-electron chi connectivity index (χ2n) is 6.82. The van der Waals surface area contributed by atoms with Crippen LogP contribution in [0.15, 0.2) is 36.4 Å². The fourth-order valence-corrected chi connectivity index (χ4v) is 3.01. The molecular weight excluding hydrogens is 372 g/mol. The van der Waals surface area contributed by atoms with Crippen molar-refractivity contribution in [1.82, 2.24) is 4.90 Å². The third-order valence-electron chi connectivity index (χ3n) is 4.50. The van der Waals surface area contributed by atoms with Crippen LogP contribution in [-0.2, 0) is 6.54 Å². The molecule has 0 spiro atoms. The number of hydrogen-bond acceptors (Lipinski definition) is 5. The van der Waals surface area contributed by atoms with Crippen molar-refractivity contribution in [2.75, 3.05) is 20.3 Å². The highest BCUT2D eigenvalue weighted by Crippen LogP contribution is 2.29. The van der Waals surface area contributed by atoms with Gasteiger partial charge in [0, 0.05) is 30.3 Å². The molecule has 0 saturated carbocycles. The molecule has 0 radical (unpaired) electrons. The molecule has 0 fully saturated rings. The van der Waals surface area contributed by atoms with Gasteiger partial charge in [0.25, 0.3) is 11.6 Å². The smallest absolute Gasteiger partial charge is 0.273 e. The van der Waals surface area contributed by atoms with Crippen molar-refractivity contribution < 1.29 is 19.2 Å². The van der Waals surface area contributed by atoms with Gasteiger partial charge in [-0.05, 0) is 43.5 Å². The summed E-state index contributed by atoms with van der Waals surface area (Å²) in [6.07, 6.45) is 1.67. The standard InChI is InChI=1S/C22H28N2O5/c1-5-11-23(22(25)18-9-7-16(3)19(14-18)24(26)27)15-17-8-10-20(29-12-6-2)21(13-17)28-4/h7-10,13-14H,5-6,11-12,15H2,1-4H3. The lowest BCUT2D eigenvalue weighted by molar-refractivity contribution is -0.385. The molecular formula is C22H28N2O5. The molecule has 0 N–H and O–H groups in total. The van der Waals surface area contributed by atoms with Gasteiger partial charge in [-0.1, -0.05) is 26.0 Å². The minimum atomic E-state index is -0.462. The number of methoxy groups -OCH3 is 1. The Hall–Kier alpha value is -3.09. The molecule has 0 aromatic heterocycles. The Morgan fingerprint density at radius 3 is 2.48 bits per heavy atom. The molecule has 0 unspecified atom stereocenters. The van der Waals surface area contributed by atoms with Gasteiger partial charge in [-0.25, -0.2) is 0 Å². The average Bonchev–Trinajstić information content (AvgIpc) is 2.72. The van der Waals surface area contributed by atoms with Crippen molar-refractivity contribution in [2.45, 2.75) is 40.2 Å². The Bertz CT molecular complexity index is 866. The van der Waals surface area contributed by atoms with Gasteiger partial charge in [0.05, 0.1) is 18.6 Å². The van der Waals surface area contributed by atoms with Crippen LogP contribution in [0.4, 0.5) is 5.69 Å². The van der Waals surface area contributed by atoms with Crippen LogP contribution in [0.2, 0.25) is 0 Å². The molecule has 0 aliphatic carbocycles. The number of carbonyl (C=O) groups excluding carboxylic acids is 1. The molecule has 29 heavy (non-hydrogen) atoms. The van der Waals surface area contributed by atoms with Crippen LogP contribution in [-0.4, -0.2) is 36.0 Å². The molecule has 0 aliphatic heterocycles. The summed E-state index contributed by atoms with van der Waals surface area (Å²) in [7, 11) is 1.58. The Morgan fingerprint density at radius 1 is 1.10 bits per heavy atom. The van der Waals surface area contributed by atoms with Crippen LogP contribution in [0, 0.1) is 17.0 Å². The molecule has 0 bridgehead atoms. The first kappa shape index (κ1) is 22.2. The van der Waals surface area contributed by atoms with Crippen LogP contribution in [0.5, 0.6) is 11.5 Å². The van der Waals surface area contributed by atoms with Gasteiger partial charge in [0.15, 0.2) is 11.5 Å². The number of benzene rings is 2. The summed E-state index contributed by atoms with van der Waals surface area (Å²) in [4.78, 5) is 25.5. The zero-order valence-corrected chi connectivity index (χ0v) is 17.4. The molecule has 0 heterocycles. The second-order valence-corrected chi connectivity index (χ2v) is 6.82. The Kier molecular flexibility index (Phi) is 8.00. The minimum Gasteiger partial charge on any atom is -0.493 e. The summed E-state index contributed by atoms with van der Waals surface area (Å²) in [5, 5.41) is 11.2. The van der Waals surface area contributed by atoms with Crippen LogP contribution in [0.3, 0.4) is 0 Å². The number of rotatable bonds is 10. The van der Waals surface area contributed by atoms with E-state index < -0.39 is 4.92 Å². The summed E-state index contributed by atoms with van der Waals surface area (Å²) in [6, 6.07) is 10.2. The summed E-state index contributed by atoms with van der Waals surface area (Å²) in [5.41, 5.74) is 1.69. The highest BCUT2D eigenvalue weighted by Gasteiger charge is 2.20. The lowest BCUT2D eigenvalue weighted by atomic mass is 10.1. The van der Waals surface area contributed by atoms with E-state index in [-0.39, 0.29) is 11.6 Å². The highest BCUT2D eigenvalue weighted by atomic mass is 16.6. The van der Waals surface area contributed by atoms with E-state index in [9.17, 15) is 14.9 Å². The van der Waals surface area contributed by atoms with Gasteiger partial charge in [0.2, 0.25) is 0 Å². The van der Waals surface area contributed by atoms with Gasteiger partial charge in [-0.15, -0.1) is 0 Å². The maximum atomic E-state index is 13.0. The molecule has 2 aromatic rings. The molecule has 156 valence electrons. The number of ether oxygens (including phenoxy) is 2. The fraction of sp³-hybridized carbons (Fsp3) is 0.409. The molecule has 7 nitrogen and oxygen atoms in total. The van der Waals surface area contributed by atoms with Crippen molar-refractivity contribution in [1.29, 1.82) is 0 Å². The fourth-order valence-electron chi connectivity index (χ4n) is 3.01. The van der Waals surface area contributed by atoms with E-state index >= 15 is 0 Å². The summed E-state index contributed by atoms with van der Waals surface area (Å²) < 4.78 is 11.1. The third kappa shape index (κ3) is 5.70. The number of nitro groups is 1. The van der Waals surface area contributed by atoms with E-state index in [0.717, 1.165) is 18.4 Å². The van der Waals surface area contributed by atoms with Gasteiger partial charge < -0.3 is 14.4 Å². The van der Waals surface area contributed by atoms with Gasteiger partial charge >= 0.3 is 0 Å². The first-order chi connectivity index (χ1) is 13.9. The maximum absolute atomic E-state index is 13.0. The second kappa shape index (κ2) is 10.5. The van der Waals surface area contributed by atoms with Crippen molar-refractivity contribution in [3.63, 3.8) is 0 Å². The first-order valence-electron chi connectivity index (χ1n) is 9.75. The Morgan fingerprint density at radius 2 is 1.86 bits per heavy atom. The lowest BCUT2D eigenvalue weighted by Gasteiger charge is -2.23. The molecule has 1 amide bonds. The van der Waals surface area contributed by atoms with Crippen molar-refractivity contribution >= 4 is 11.6 Å². The quantitative estimate of drug-likeness (QED) is 0.424. The number of nitro benzene ring substituents is 1. The Balaban J connectivity index is 2.27. The molecule has 2 aromatic carbocycles. The third-order valence-corrected chi connectivity index (χ3v) is 4.50. The predicted molar refractivity (Wildman–Crippen MR) is 112 cm³/mol. The van der Waals surface area contributed by atoms with Crippen molar-refractivity contribution in [3.8, 4) is 11.5 Å². The van der Waals surface area contributed by atoms with E-state index in [1.54, 1.807) is 31.1 Å². The summed E-state index contributed by atoms with van der Waals surface area (Å²) in [6.45, 7) is 7.19. The van der Waals surface area contributed by atoms with E-state index in [1.807, 2.05) is 32.0 Å². The van der Waals surface area contributed by atoms with E-state index in [1.165, 1.54) is 6.07 Å². The number of nitrogens with zero attached hydrogens (tertiary/aromatic N) is 2. The first-order valence-corrected chi connectivity index (χ1v) is 9.75. The largest absolute Gasteiger partial charge is 0.493 e. The van der Waals surface area contributed by atoms with Crippen LogP contribution in [0.1, 0.15) is 48.2 Å². The van der Waals surface area contributed by atoms with E-state index in [2.05, 4.69) is 0 Å². The van der Waals surface area contributed by atoms with E-state index in [0.29, 0.717) is 42.3 Å². The predicted octanol–water partition coefficient (Wildman–Crippen LogP) is 4.75. The van der Waals surface area contributed by atoms with Gasteiger partial charge in [-0.3, -0.25) is 14.9 Å². The highest BCUT2D eigenvalue weighted by molar-refractivity contribution is 5.95. The molecule has 0 saturated heterocycles. The van der Waals surface area contributed by atoms with Gasteiger partial charge in [-0.2, -0.15) is 0 Å². The minimum absolute atomic E-state index is 0.0496. The lowest BCUT2D eigenvalue weighted by Crippen LogP contribution is -2.31. The average molecular weight is 400 g/mol. The van der Waals surface area contributed by atoms with Crippen LogP contribution < -0.4 is 9.47 Å². The van der Waals surface area contributed by atoms with Crippen molar-refractivity contribution in [2.24, 2.45) is 0 Å². The summed E-state index contributed by atoms with van der Waals surface area (Å²) in [5.74, 6) is 1.05. The number of amides is 1. The number of carbonyl (C=O) groups is 1. The molecule has 0 atom stereocenters.